The number of carbonyl (C=O) groups excluding carboxylic acids is 1. The van der Waals surface area contributed by atoms with Crippen LogP contribution in [0.3, 0.4) is 0 Å². The van der Waals surface area contributed by atoms with Crippen molar-refractivity contribution in [2.75, 3.05) is 25.2 Å². The Bertz CT molecular complexity index is 195. The number of esters is 1. The molecule has 1 rings (SSSR count). The van der Waals surface area contributed by atoms with Crippen LogP contribution < -0.4 is 5.73 Å². The predicted molar refractivity (Wildman–Crippen MR) is 60.9 cm³/mol. The molecule has 1 saturated heterocycles. The highest BCUT2D eigenvalue weighted by molar-refractivity contribution is 7.98. The third-order valence-electron chi connectivity index (χ3n) is 2.39. The first-order chi connectivity index (χ1) is 7.24. The summed E-state index contributed by atoms with van der Waals surface area (Å²) in [6.45, 7) is 1.36. The third kappa shape index (κ3) is 4.86. The van der Waals surface area contributed by atoms with Crippen LogP contribution in [0.4, 0.5) is 0 Å². The zero-order chi connectivity index (χ0) is 11.1. The minimum atomic E-state index is -0.472. The molecule has 88 valence electrons. The van der Waals surface area contributed by atoms with Crippen molar-refractivity contribution in [3.8, 4) is 0 Å². The second-order valence-electron chi connectivity index (χ2n) is 3.64. The van der Waals surface area contributed by atoms with E-state index in [0.717, 1.165) is 18.6 Å². The van der Waals surface area contributed by atoms with Crippen LogP contribution in [0.1, 0.15) is 19.3 Å². The zero-order valence-corrected chi connectivity index (χ0v) is 9.92. The fourth-order valence-corrected chi connectivity index (χ4v) is 1.90. The first-order valence-electron chi connectivity index (χ1n) is 5.26. The summed E-state index contributed by atoms with van der Waals surface area (Å²) in [7, 11) is 0. The molecule has 0 saturated carbocycles. The van der Waals surface area contributed by atoms with E-state index in [1.54, 1.807) is 11.8 Å². The Morgan fingerprint density at radius 1 is 1.60 bits per heavy atom. The maximum atomic E-state index is 11.5. The Balaban J connectivity index is 2.20. The SMILES string of the molecule is CSCC[C@@H](N)C(=O)OC1CCOCC1. The second-order valence-corrected chi connectivity index (χ2v) is 4.62. The van der Waals surface area contributed by atoms with Crippen LogP contribution in [0.2, 0.25) is 0 Å². The molecule has 1 atom stereocenters. The minimum absolute atomic E-state index is 0.00609. The normalized spacial score (nSPS) is 19.9. The quantitative estimate of drug-likeness (QED) is 0.711. The summed E-state index contributed by atoms with van der Waals surface area (Å²) in [5.74, 6) is 0.625. The van der Waals surface area contributed by atoms with Gasteiger partial charge in [-0.15, -0.1) is 0 Å². The molecule has 0 amide bonds. The third-order valence-corrected chi connectivity index (χ3v) is 3.03. The number of thioether (sulfide) groups is 1. The summed E-state index contributed by atoms with van der Waals surface area (Å²) in [5, 5.41) is 0. The van der Waals surface area contributed by atoms with Gasteiger partial charge in [0.2, 0.25) is 0 Å². The molecule has 1 fully saturated rings. The van der Waals surface area contributed by atoms with Crippen molar-refractivity contribution >= 4 is 17.7 Å². The maximum Gasteiger partial charge on any atom is 0.323 e. The maximum absolute atomic E-state index is 11.5. The Labute approximate surface area is 94.9 Å². The molecular weight excluding hydrogens is 214 g/mol. The standard InChI is InChI=1S/C10H19NO3S/c1-15-7-4-9(11)10(12)14-8-2-5-13-6-3-8/h8-9H,2-7,11H2,1H3/t9-/m1/s1. The lowest BCUT2D eigenvalue weighted by Gasteiger charge is -2.23. The summed E-state index contributed by atoms with van der Waals surface area (Å²) in [6.07, 6.45) is 4.27. The molecule has 5 heteroatoms. The van der Waals surface area contributed by atoms with E-state index in [4.69, 9.17) is 15.2 Å². The van der Waals surface area contributed by atoms with E-state index in [-0.39, 0.29) is 12.1 Å². The number of hydrogen-bond acceptors (Lipinski definition) is 5. The van der Waals surface area contributed by atoms with Crippen LogP contribution in [0.15, 0.2) is 0 Å². The Morgan fingerprint density at radius 3 is 2.87 bits per heavy atom. The van der Waals surface area contributed by atoms with Crippen molar-refractivity contribution in [2.24, 2.45) is 5.73 Å². The van der Waals surface area contributed by atoms with E-state index < -0.39 is 6.04 Å². The molecular formula is C10H19NO3S. The molecule has 0 aromatic rings. The molecule has 0 bridgehead atoms. The van der Waals surface area contributed by atoms with E-state index in [0.29, 0.717) is 19.6 Å². The molecule has 0 aromatic carbocycles. The molecule has 4 nitrogen and oxygen atoms in total. The van der Waals surface area contributed by atoms with Gasteiger partial charge in [-0.25, -0.2) is 0 Å². The van der Waals surface area contributed by atoms with Crippen LogP contribution >= 0.6 is 11.8 Å². The van der Waals surface area contributed by atoms with Crippen LogP contribution in [-0.4, -0.2) is 43.3 Å². The summed E-state index contributed by atoms with van der Waals surface area (Å²) in [6, 6.07) is -0.472. The Kier molecular flexibility index (Phi) is 6.05. The van der Waals surface area contributed by atoms with Crippen molar-refractivity contribution in [3.63, 3.8) is 0 Å². The average Bonchev–Trinajstić information content (AvgIpc) is 2.27. The minimum Gasteiger partial charge on any atom is -0.461 e. The molecule has 15 heavy (non-hydrogen) atoms. The van der Waals surface area contributed by atoms with Gasteiger partial charge in [0.25, 0.3) is 0 Å². The van der Waals surface area contributed by atoms with Gasteiger partial charge in [-0.05, 0) is 18.4 Å². The number of rotatable bonds is 5. The molecule has 0 aliphatic carbocycles. The van der Waals surface area contributed by atoms with Gasteiger partial charge in [-0.2, -0.15) is 11.8 Å². The van der Waals surface area contributed by atoms with Gasteiger partial charge >= 0.3 is 5.97 Å². The van der Waals surface area contributed by atoms with E-state index >= 15 is 0 Å². The molecule has 0 aromatic heterocycles. The zero-order valence-electron chi connectivity index (χ0n) is 9.11. The van der Waals surface area contributed by atoms with Gasteiger partial charge in [0, 0.05) is 12.8 Å². The average molecular weight is 233 g/mol. The summed E-state index contributed by atoms with van der Waals surface area (Å²) < 4.78 is 10.5. The molecule has 2 N–H and O–H groups in total. The van der Waals surface area contributed by atoms with E-state index in [9.17, 15) is 4.79 Å². The highest BCUT2D eigenvalue weighted by Crippen LogP contribution is 2.12. The van der Waals surface area contributed by atoms with Crippen molar-refractivity contribution in [2.45, 2.75) is 31.4 Å². The van der Waals surface area contributed by atoms with Crippen LogP contribution in [0, 0.1) is 0 Å². The fraction of sp³-hybridized carbons (Fsp3) is 0.900. The number of ether oxygens (including phenoxy) is 2. The van der Waals surface area contributed by atoms with Gasteiger partial charge in [-0.1, -0.05) is 0 Å². The van der Waals surface area contributed by atoms with Crippen LogP contribution in [-0.2, 0) is 14.3 Å². The predicted octanol–water partition coefficient (Wildman–Crippen LogP) is 0.789. The largest absolute Gasteiger partial charge is 0.461 e. The summed E-state index contributed by atoms with van der Waals surface area (Å²) in [5.41, 5.74) is 5.70. The van der Waals surface area contributed by atoms with E-state index in [1.165, 1.54) is 0 Å². The lowest BCUT2D eigenvalue weighted by Crippen LogP contribution is -2.37. The van der Waals surface area contributed by atoms with E-state index in [2.05, 4.69) is 0 Å². The van der Waals surface area contributed by atoms with Crippen molar-refractivity contribution in [1.82, 2.24) is 0 Å². The molecule has 1 heterocycles. The van der Waals surface area contributed by atoms with E-state index in [1.807, 2.05) is 6.26 Å². The smallest absolute Gasteiger partial charge is 0.323 e. The molecule has 1 aliphatic heterocycles. The number of nitrogens with two attached hydrogens (primary N) is 1. The lowest BCUT2D eigenvalue weighted by atomic mass is 10.1. The van der Waals surface area contributed by atoms with Gasteiger partial charge in [0.1, 0.15) is 12.1 Å². The van der Waals surface area contributed by atoms with Crippen molar-refractivity contribution < 1.29 is 14.3 Å². The molecule has 0 unspecified atom stereocenters. The summed E-state index contributed by atoms with van der Waals surface area (Å²) >= 11 is 1.69. The number of carbonyl (C=O) groups is 1. The van der Waals surface area contributed by atoms with Crippen LogP contribution in [0.5, 0.6) is 0 Å². The molecule has 1 aliphatic rings. The first kappa shape index (κ1) is 12.8. The monoisotopic (exact) mass is 233 g/mol. The molecule has 0 radical (unpaired) electrons. The fourth-order valence-electron chi connectivity index (χ4n) is 1.41. The Hall–Kier alpha value is -0.260. The van der Waals surface area contributed by atoms with Crippen LogP contribution in [0.25, 0.3) is 0 Å². The van der Waals surface area contributed by atoms with Gasteiger partial charge in [-0.3, -0.25) is 4.79 Å². The van der Waals surface area contributed by atoms with Gasteiger partial charge in [0.15, 0.2) is 0 Å². The molecule has 0 spiro atoms. The highest BCUT2D eigenvalue weighted by Gasteiger charge is 2.21. The highest BCUT2D eigenvalue weighted by atomic mass is 32.2. The topological polar surface area (TPSA) is 61.6 Å². The lowest BCUT2D eigenvalue weighted by molar-refractivity contribution is -0.154. The van der Waals surface area contributed by atoms with Crippen molar-refractivity contribution in [1.29, 1.82) is 0 Å². The van der Waals surface area contributed by atoms with Gasteiger partial charge < -0.3 is 15.2 Å². The van der Waals surface area contributed by atoms with Gasteiger partial charge in [0.05, 0.1) is 13.2 Å². The first-order valence-corrected chi connectivity index (χ1v) is 6.66. The number of hydrogen-bond donors (Lipinski definition) is 1. The second kappa shape index (κ2) is 7.09. The Morgan fingerprint density at radius 2 is 2.27 bits per heavy atom. The van der Waals surface area contributed by atoms with Crippen molar-refractivity contribution in [3.05, 3.63) is 0 Å². The summed E-state index contributed by atoms with van der Waals surface area (Å²) in [4.78, 5) is 11.5.